The van der Waals surface area contributed by atoms with Gasteiger partial charge in [-0.3, -0.25) is 4.99 Å². The fourth-order valence-corrected chi connectivity index (χ4v) is 2.17. The third kappa shape index (κ3) is 2.89. The Morgan fingerprint density at radius 2 is 1.71 bits per heavy atom. The second-order valence-electron chi connectivity index (χ2n) is 4.65. The smallest absolute Gasteiger partial charge is 0.123 e. The summed E-state index contributed by atoms with van der Waals surface area (Å²) in [6, 6.07) is 13.8. The molecular formula is C17H16N2O2. The molecule has 2 aromatic carbocycles. The van der Waals surface area contributed by atoms with Gasteiger partial charge in [0.2, 0.25) is 0 Å². The Labute approximate surface area is 123 Å². The summed E-state index contributed by atoms with van der Waals surface area (Å²) in [6.45, 7) is 0. The standard InChI is InChI=1S/C17H16N2O2/c1-20-15-7-12(8-16(10-15)21-2)11-19-14-4-3-13-5-6-18-17(13)9-14/h3-11,18H,1-2H3. The average Bonchev–Trinajstić information content (AvgIpc) is 3.00. The number of rotatable bonds is 4. The predicted molar refractivity (Wildman–Crippen MR) is 85.1 cm³/mol. The minimum Gasteiger partial charge on any atom is -0.497 e. The topological polar surface area (TPSA) is 46.6 Å². The lowest BCUT2D eigenvalue weighted by atomic mass is 10.2. The van der Waals surface area contributed by atoms with Crippen LogP contribution in [-0.4, -0.2) is 25.4 Å². The number of methoxy groups -OCH3 is 2. The molecule has 0 atom stereocenters. The van der Waals surface area contributed by atoms with Crippen LogP contribution in [0.15, 0.2) is 53.7 Å². The molecule has 0 aliphatic rings. The summed E-state index contributed by atoms with van der Waals surface area (Å²) in [5.74, 6) is 1.49. The number of hydrogen-bond donors (Lipinski definition) is 1. The van der Waals surface area contributed by atoms with Crippen molar-refractivity contribution in [2.24, 2.45) is 4.99 Å². The van der Waals surface area contributed by atoms with Gasteiger partial charge in [0.1, 0.15) is 11.5 Å². The van der Waals surface area contributed by atoms with E-state index in [2.05, 4.69) is 9.98 Å². The first-order valence-corrected chi connectivity index (χ1v) is 6.63. The van der Waals surface area contributed by atoms with Crippen molar-refractivity contribution in [3.05, 3.63) is 54.2 Å². The summed E-state index contributed by atoms with van der Waals surface area (Å²) < 4.78 is 10.5. The van der Waals surface area contributed by atoms with Gasteiger partial charge in [-0.25, -0.2) is 0 Å². The average molecular weight is 280 g/mol. The Kier molecular flexibility index (Phi) is 3.60. The van der Waals surface area contributed by atoms with E-state index in [0.717, 1.165) is 28.3 Å². The molecule has 0 saturated carbocycles. The molecule has 1 heterocycles. The van der Waals surface area contributed by atoms with E-state index in [9.17, 15) is 0 Å². The fraction of sp³-hybridized carbons (Fsp3) is 0.118. The molecule has 1 aromatic heterocycles. The van der Waals surface area contributed by atoms with Crippen LogP contribution in [0.3, 0.4) is 0 Å². The Bertz CT molecular complexity index is 768. The van der Waals surface area contributed by atoms with Gasteiger partial charge in [0.05, 0.1) is 19.9 Å². The third-order valence-corrected chi connectivity index (χ3v) is 3.28. The minimum atomic E-state index is 0.746. The molecule has 4 nitrogen and oxygen atoms in total. The lowest BCUT2D eigenvalue weighted by molar-refractivity contribution is 0.394. The molecule has 0 amide bonds. The molecular weight excluding hydrogens is 264 g/mol. The first-order valence-electron chi connectivity index (χ1n) is 6.63. The van der Waals surface area contributed by atoms with E-state index in [-0.39, 0.29) is 0 Å². The van der Waals surface area contributed by atoms with Crippen LogP contribution < -0.4 is 9.47 Å². The van der Waals surface area contributed by atoms with Crippen LogP contribution in [0, 0.1) is 0 Å². The molecule has 3 aromatic rings. The quantitative estimate of drug-likeness (QED) is 0.736. The van der Waals surface area contributed by atoms with Gasteiger partial charge >= 0.3 is 0 Å². The van der Waals surface area contributed by atoms with E-state index in [4.69, 9.17) is 9.47 Å². The van der Waals surface area contributed by atoms with Crippen molar-refractivity contribution in [3.8, 4) is 11.5 Å². The van der Waals surface area contributed by atoms with Crippen LogP contribution in [0.1, 0.15) is 5.56 Å². The summed E-state index contributed by atoms with van der Waals surface area (Å²) in [5.41, 5.74) is 2.90. The Morgan fingerprint density at radius 1 is 0.952 bits per heavy atom. The van der Waals surface area contributed by atoms with E-state index >= 15 is 0 Å². The third-order valence-electron chi connectivity index (χ3n) is 3.28. The van der Waals surface area contributed by atoms with E-state index in [1.165, 1.54) is 5.39 Å². The van der Waals surface area contributed by atoms with Crippen LogP contribution in [0.2, 0.25) is 0 Å². The molecule has 0 bridgehead atoms. The molecule has 4 heteroatoms. The zero-order valence-electron chi connectivity index (χ0n) is 12.0. The molecule has 3 rings (SSSR count). The van der Waals surface area contributed by atoms with Crippen molar-refractivity contribution in [1.29, 1.82) is 0 Å². The minimum absolute atomic E-state index is 0.746. The summed E-state index contributed by atoms with van der Waals surface area (Å²) in [5, 5.41) is 1.18. The molecule has 21 heavy (non-hydrogen) atoms. The Morgan fingerprint density at radius 3 is 2.43 bits per heavy atom. The molecule has 0 aliphatic heterocycles. The number of hydrogen-bond acceptors (Lipinski definition) is 3. The van der Waals surface area contributed by atoms with Crippen molar-refractivity contribution in [2.45, 2.75) is 0 Å². The molecule has 0 fully saturated rings. The van der Waals surface area contributed by atoms with Gasteiger partial charge in [-0.1, -0.05) is 6.07 Å². The number of nitrogens with zero attached hydrogens (tertiary/aromatic N) is 1. The molecule has 106 valence electrons. The summed E-state index contributed by atoms with van der Waals surface area (Å²) in [4.78, 5) is 7.68. The molecule has 1 N–H and O–H groups in total. The van der Waals surface area contributed by atoms with Crippen molar-refractivity contribution in [1.82, 2.24) is 4.98 Å². The fourth-order valence-electron chi connectivity index (χ4n) is 2.17. The van der Waals surface area contributed by atoms with Crippen molar-refractivity contribution >= 4 is 22.8 Å². The lowest BCUT2D eigenvalue weighted by Gasteiger charge is -2.05. The van der Waals surface area contributed by atoms with Gasteiger partial charge in [-0.15, -0.1) is 0 Å². The number of nitrogens with one attached hydrogen (secondary N) is 1. The maximum Gasteiger partial charge on any atom is 0.123 e. The van der Waals surface area contributed by atoms with Crippen LogP contribution in [0.5, 0.6) is 11.5 Å². The molecule has 0 saturated heterocycles. The maximum absolute atomic E-state index is 5.25. The largest absolute Gasteiger partial charge is 0.497 e. The summed E-state index contributed by atoms with van der Waals surface area (Å²) in [6.07, 6.45) is 3.72. The van der Waals surface area contributed by atoms with Crippen LogP contribution >= 0.6 is 0 Å². The SMILES string of the molecule is COc1cc(C=Nc2ccc3cc[nH]c3c2)cc(OC)c1. The van der Waals surface area contributed by atoms with E-state index < -0.39 is 0 Å². The highest BCUT2D eigenvalue weighted by atomic mass is 16.5. The highest BCUT2D eigenvalue weighted by Crippen LogP contribution is 2.23. The number of ether oxygens (including phenoxy) is 2. The van der Waals surface area contributed by atoms with Gasteiger partial charge in [0.15, 0.2) is 0 Å². The first kappa shape index (κ1) is 13.2. The molecule has 0 aliphatic carbocycles. The first-order chi connectivity index (χ1) is 10.3. The number of aliphatic imine (C=N–C) groups is 1. The number of fused-ring (bicyclic) bond motifs is 1. The van der Waals surface area contributed by atoms with Crippen LogP contribution in [0.25, 0.3) is 10.9 Å². The predicted octanol–water partition coefficient (Wildman–Crippen LogP) is 3.94. The van der Waals surface area contributed by atoms with Crippen LogP contribution in [0.4, 0.5) is 5.69 Å². The van der Waals surface area contributed by atoms with Gasteiger partial charge in [-0.2, -0.15) is 0 Å². The number of H-pyrrole nitrogens is 1. The van der Waals surface area contributed by atoms with Gasteiger partial charge in [0.25, 0.3) is 0 Å². The number of aromatic amines is 1. The molecule has 0 spiro atoms. The van der Waals surface area contributed by atoms with E-state index in [1.54, 1.807) is 20.4 Å². The zero-order valence-corrected chi connectivity index (χ0v) is 12.0. The van der Waals surface area contributed by atoms with Crippen molar-refractivity contribution < 1.29 is 9.47 Å². The van der Waals surface area contributed by atoms with Gasteiger partial charge < -0.3 is 14.5 Å². The molecule has 0 unspecified atom stereocenters. The monoisotopic (exact) mass is 280 g/mol. The Hall–Kier alpha value is -2.75. The number of aromatic nitrogens is 1. The van der Waals surface area contributed by atoms with Gasteiger partial charge in [0, 0.05) is 29.6 Å². The highest BCUT2D eigenvalue weighted by molar-refractivity contribution is 5.86. The normalized spacial score (nSPS) is 11.1. The van der Waals surface area contributed by atoms with E-state index in [0.29, 0.717) is 0 Å². The number of benzene rings is 2. The van der Waals surface area contributed by atoms with E-state index in [1.807, 2.05) is 48.7 Å². The maximum atomic E-state index is 5.25. The summed E-state index contributed by atoms with van der Waals surface area (Å²) >= 11 is 0. The lowest BCUT2D eigenvalue weighted by Crippen LogP contribution is -1.90. The highest BCUT2D eigenvalue weighted by Gasteiger charge is 2.00. The summed E-state index contributed by atoms with van der Waals surface area (Å²) in [7, 11) is 3.27. The van der Waals surface area contributed by atoms with Crippen LogP contribution in [-0.2, 0) is 0 Å². The second kappa shape index (κ2) is 5.71. The van der Waals surface area contributed by atoms with Gasteiger partial charge in [-0.05, 0) is 35.7 Å². The Balaban J connectivity index is 1.90. The van der Waals surface area contributed by atoms with Crippen molar-refractivity contribution in [3.63, 3.8) is 0 Å². The zero-order chi connectivity index (χ0) is 14.7. The second-order valence-corrected chi connectivity index (χ2v) is 4.65. The van der Waals surface area contributed by atoms with Crippen molar-refractivity contribution in [2.75, 3.05) is 14.2 Å². The molecule has 0 radical (unpaired) electrons.